The molecule has 142 valence electrons. The number of nitrogens with zero attached hydrogens (tertiary/aromatic N) is 2. The summed E-state index contributed by atoms with van der Waals surface area (Å²) in [6, 6.07) is 4.99. The summed E-state index contributed by atoms with van der Waals surface area (Å²) < 4.78 is 13.3. The van der Waals surface area contributed by atoms with Crippen LogP contribution in [0.25, 0.3) is 0 Å². The topological polar surface area (TPSA) is 56.7 Å². The van der Waals surface area contributed by atoms with Gasteiger partial charge in [0.15, 0.2) is 5.96 Å². The molecule has 2 N–H and O–H groups in total. The van der Waals surface area contributed by atoms with Crippen LogP contribution < -0.4 is 10.6 Å². The minimum absolute atomic E-state index is 0. The first kappa shape index (κ1) is 23.6. The number of rotatable bonds is 8. The Balaban J connectivity index is 0.00000576. The van der Waals surface area contributed by atoms with Crippen LogP contribution in [0.15, 0.2) is 23.2 Å². The summed E-state index contributed by atoms with van der Waals surface area (Å²) >= 11 is 0. The summed E-state index contributed by atoms with van der Waals surface area (Å²) in [5.74, 6) is 0.590. The molecule has 1 aromatic carbocycles. The number of aliphatic imine (C=N–C) groups is 1. The van der Waals surface area contributed by atoms with Gasteiger partial charge in [0.2, 0.25) is 5.91 Å². The monoisotopic (exact) mass is 464 g/mol. The first-order valence-corrected chi connectivity index (χ1v) is 8.56. The van der Waals surface area contributed by atoms with E-state index >= 15 is 0 Å². The maximum absolute atomic E-state index is 13.3. The molecule has 5 nitrogen and oxygen atoms in total. The summed E-state index contributed by atoms with van der Waals surface area (Å²) in [6.07, 6.45) is 0.432. The number of amides is 1. The minimum atomic E-state index is -0.206. The zero-order valence-electron chi connectivity index (χ0n) is 15.6. The molecular weight excluding hydrogens is 434 g/mol. The van der Waals surface area contributed by atoms with Crippen molar-refractivity contribution in [3.05, 3.63) is 35.1 Å². The van der Waals surface area contributed by atoms with Crippen molar-refractivity contribution in [1.29, 1.82) is 0 Å². The fraction of sp³-hybridized carbons (Fsp3) is 0.556. The number of benzene rings is 1. The van der Waals surface area contributed by atoms with Crippen LogP contribution in [0.1, 0.15) is 38.3 Å². The van der Waals surface area contributed by atoms with Gasteiger partial charge in [0.05, 0.1) is 6.54 Å². The van der Waals surface area contributed by atoms with Gasteiger partial charge in [0, 0.05) is 32.6 Å². The molecule has 0 saturated heterocycles. The summed E-state index contributed by atoms with van der Waals surface area (Å²) in [4.78, 5) is 18.3. The number of carbonyl (C=O) groups is 1. The molecule has 25 heavy (non-hydrogen) atoms. The Morgan fingerprint density at radius 3 is 2.44 bits per heavy atom. The smallest absolute Gasteiger partial charge is 0.224 e. The lowest BCUT2D eigenvalue weighted by atomic mass is 10.1. The summed E-state index contributed by atoms with van der Waals surface area (Å²) in [6.45, 7) is 10.9. The molecule has 0 atom stereocenters. The van der Waals surface area contributed by atoms with Gasteiger partial charge in [-0.05, 0) is 44.9 Å². The maximum Gasteiger partial charge on any atom is 0.224 e. The molecule has 1 amide bonds. The molecule has 0 aliphatic rings. The van der Waals surface area contributed by atoms with Crippen LogP contribution in [0.4, 0.5) is 4.39 Å². The summed E-state index contributed by atoms with van der Waals surface area (Å²) in [5, 5.41) is 6.32. The Morgan fingerprint density at radius 1 is 1.20 bits per heavy atom. The molecular formula is C18H30FIN4O. The highest BCUT2D eigenvalue weighted by atomic mass is 127. The van der Waals surface area contributed by atoms with Crippen molar-refractivity contribution in [3.63, 3.8) is 0 Å². The van der Waals surface area contributed by atoms with E-state index in [1.807, 2.05) is 25.7 Å². The molecule has 0 unspecified atom stereocenters. The third-order valence-corrected chi connectivity index (χ3v) is 3.73. The number of guanidine groups is 1. The molecule has 0 heterocycles. The van der Waals surface area contributed by atoms with Crippen LogP contribution in [-0.2, 0) is 11.3 Å². The van der Waals surface area contributed by atoms with Gasteiger partial charge in [-0.15, -0.1) is 24.0 Å². The van der Waals surface area contributed by atoms with Crippen LogP contribution in [0.2, 0.25) is 0 Å². The zero-order chi connectivity index (χ0) is 17.9. The van der Waals surface area contributed by atoms with Crippen LogP contribution in [0.5, 0.6) is 0 Å². The fourth-order valence-corrected chi connectivity index (χ4v) is 2.34. The molecule has 1 rings (SSSR count). The lowest BCUT2D eigenvalue weighted by molar-refractivity contribution is -0.130. The lowest BCUT2D eigenvalue weighted by Gasteiger charge is -2.19. The second-order valence-corrected chi connectivity index (χ2v) is 5.52. The third-order valence-electron chi connectivity index (χ3n) is 3.73. The van der Waals surface area contributed by atoms with Gasteiger partial charge in [-0.3, -0.25) is 4.79 Å². The number of hydrogen-bond acceptors (Lipinski definition) is 2. The van der Waals surface area contributed by atoms with Crippen molar-refractivity contribution in [3.8, 4) is 0 Å². The molecule has 7 heteroatoms. The lowest BCUT2D eigenvalue weighted by Crippen LogP contribution is -2.40. The number of hydrogen-bond donors (Lipinski definition) is 2. The normalized spacial score (nSPS) is 10.8. The van der Waals surface area contributed by atoms with E-state index in [9.17, 15) is 9.18 Å². The van der Waals surface area contributed by atoms with Gasteiger partial charge >= 0.3 is 0 Å². The third kappa shape index (κ3) is 8.51. The highest BCUT2D eigenvalue weighted by molar-refractivity contribution is 14.0. The predicted octanol–water partition coefficient (Wildman–Crippen LogP) is 3.07. The van der Waals surface area contributed by atoms with E-state index < -0.39 is 0 Å². The highest BCUT2D eigenvalue weighted by Crippen LogP contribution is 2.10. The van der Waals surface area contributed by atoms with E-state index in [2.05, 4.69) is 15.6 Å². The number of aryl methyl sites for hydroxylation is 1. The average Bonchev–Trinajstić information content (AvgIpc) is 2.56. The molecule has 0 saturated carbocycles. The molecule has 1 aromatic rings. The number of nitrogens with one attached hydrogen (secondary N) is 2. The van der Waals surface area contributed by atoms with Crippen molar-refractivity contribution in [2.24, 2.45) is 4.99 Å². The second-order valence-electron chi connectivity index (χ2n) is 5.52. The molecule has 0 bridgehead atoms. The predicted molar refractivity (Wildman–Crippen MR) is 112 cm³/mol. The Bertz CT molecular complexity index is 562. The Morgan fingerprint density at radius 2 is 1.88 bits per heavy atom. The van der Waals surface area contributed by atoms with Gasteiger partial charge in [0.1, 0.15) is 5.82 Å². The van der Waals surface area contributed by atoms with Gasteiger partial charge < -0.3 is 15.5 Å². The van der Waals surface area contributed by atoms with E-state index in [-0.39, 0.29) is 35.7 Å². The van der Waals surface area contributed by atoms with Crippen LogP contribution in [0.3, 0.4) is 0 Å². The fourth-order valence-electron chi connectivity index (χ4n) is 2.34. The first-order valence-electron chi connectivity index (χ1n) is 8.56. The summed E-state index contributed by atoms with van der Waals surface area (Å²) in [5.41, 5.74) is 1.57. The van der Waals surface area contributed by atoms with E-state index in [4.69, 9.17) is 0 Å². The standard InChI is InChI=1S/C18H29FN4O.HI/c1-5-20-18(21-11-10-17(24)23(6-2)7-3)22-13-15-8-9-16(19)14(4)12-15;/h8-9,12H,5-7,10-11,13H2,1-4H3,(H2,20,21,22);1H. The van der Waals surface area contributed by atoms with Crippen molar-refractivity contribution in [2.45, 2.75) is 40.7 Å². The quantitative estimate of drug-likeness (QED) is 0.353. The van der Waals surface area contributed by atoms with Gasteiger partial charge in [0.25, 0.3) is 0 Å². The minimum Gasteiger partial charge on any atom is -0.357 e. The molecule has 0 fully saturated rings. The van der Waals surface area contributed by atoms with E-state index in [1.165, 1.54) is 6.07 Å². The van der Waals surface area contributed by atoms with Gasteiger partial charge in [-0.25, -0.2) is 9.38 Å². The maximum atomic E-state index is 13.3. The highest BCUT2D eigenvalue weighted by Gasteiger charge is 2.09. The van der Waals surface area contributed by atoms with E-state index in [1.54, 1.807) is 19.1 Å². The Kier molecular flexibility index (Phi) is 12.2. The van der Waals surface area contributed by atoms with Crippen LogP contribution >= 0.6 is 24.0 Å². The first-order chi connectivity index (χ1) is 11.5. The largest absolute Gasteiger partial charge is 0.357 e. The zero-order valence-corrected chi connectivity index (χ0v) is 17.9. The second kappa shape index (κ2) is 12.9. The molecule has 0 aromatic heterocycles. The van der Waals surface area contributed by atoms with Crippen molar-refractivity contribution >= 4 is 35.8 Å². The molecule has 0 radical (unpaired) electrons. The SMILES string of the molecule is CCNC(=NCc1ccc(F)c(C)c1)NCCC(=O)N(CC)CC.I. The molecule has 0 aliphatic carbocycles. The van der Waals surface area contributed by atoms with Gasteiger partial charge in [-0.1, -0.05) is 12.1 Å². The number of carbonyl (C=O) groups excluding carboxylic acids is 1. The van der Waals surface area contributed by atoms with Gasteiger partial charge in [-0.2, -0.15) is 0 Å². The van der Waals surface area contributed by atoms with E-state index in [0.717, 1.165) is 25.2 Å². The van der Waals surface area contributed by atoms with E-state index in [0.29, 0.717) is 31.0 Å². The Labute approximate surface area is 167 Å². The number of halogens is 2. The molecule has 0 spiro atoms. The van der Waals surface area contributed by atoms with Crippen LogP contribution in [0, 0.1) is 12.7 Å². The van der Waals surface area contributed by atoms with Crippen molar-refractivity contribution in [1.82, 2.24) is 15.5 Å². The summed E-state index contributed by atoms with van der Waals surface area (Å²) in [7, 11) is 0. The van der Waals surface area contributed by atoms with Crippen molar-refractivity contribution < 1.29 is 9.18 Å². The average molecular weight is 464 g/mol. The van der Waals surface area contributed by atoms with Crippen LogP contribution in [-0.4, -0.2) is 42.9 Å². The molecule has 0 aliphatic heterocycles. The van der Waals surface area contributed by atoms with Crippen molar-refractivity contribution in [2.75, 3.05) is 26.2 Å². The Hall–Kier alpha value is -1.38.